The Kier molecular flexibility index (Phi) is 1.74. The number of fused-ring (bicyclic) bond motifs is 1. The average molecular weight is 177 g/mol. The molecule has 68 valence electrons. The van der Waals surface area contributed by atoms with Crippen molar-refractivity contribution >= 4 is 11.0 Å². The van der Waals surface area contributed by atoms with Crippen LogP contribution in [0.5, 0.6) is 5.75 Å². The maximum atomic E-state index is 9.28. The van der Waals surface area contributed by atoms with Crippen molar-refractivity contribution in [2.45, 2.75) is 13.5 Å². The predicted octanol–water partition coefficient (Wildman–Crippen LogP) is 1.91. The monoisotopic (exact) mass is 177 g/mol. The third-order valence-electron chi connectivity index (χ3n) is 2.18. The van der Waals surface area contributed by atoms with E-state index < -0.39 is 0 Å². The molecule has 1 aromatic heterocycles. The van der Waals surface area contributed by atoms with Gasteiger partial charge >= 0.3 is 0 Å². The van der Waals surface area contributed by atoms with Crippen LogP contribution in [0.25, 0.3) is 11.0 Å². The lowest BCUT2D eigenvalue weighted by atomic mass is 10.1. The highest BCUT2D eigenvalue weighted by Crippen LogP contribution is 2.27. The van der Waals surface area contributed by atoms with Crippen molar-refractivity contribution in [2.24, 2.45) is 5.73 Å². The van der Waals surface area contributed by atoms with Gasteiger partial charge in [0, 0.05) is 17.5 Å². The van der Waals surface area contributed by atoms with Gasteiger partial charge in [-0.2, -0.15) is 0 Å². The van der Waals surface area contributed by atoms with Crippen LogP contribution in [-0.2, 0) is 6.54 Å². The van der Waals surface area contributed by atoms with Crippen LogP contribution >= 0.6 is 0 Å². The van der Waals surface area contributed by atoms with Crippen LogP contribution in [-0.4, -0.2) is 5.11 Å². The molecule has 0 fully saturated rings. The fourth-order valence-corrected chi connectivity index (χ4v) is 1.51. The molecule has 0 spiro atoms. The van der Waals surface area contributed by atoms with Gasteiger partial charge in [0.2, 0.25) is 0 Å². The van der Waals surface area contributed by atoms with Crippen LogP contribution < -0.4 is 5.73 Å². The zero-order valence-corrected chi connectivity index (χ0v) is 7.37. The highest BCUT2D eigenvalue weighted by Gasteiger charge is 2.09. The van der Waals surface area contributed by atoms with Crippen LogP contribution in [0.4, 0.5) is 0 Å². The third-order valence-corrected chi connectivity index (χ3v) is 2.18. The normalized spacial score (nSPS) is 10.9. The smallest absolute Gasteiger partial charge is 0.134 e. The third kappa shape index (κ3) is 1.17. The van der Waals surface area contributed by atoms with Gasteiger partial charge in [0.15, 0.2) is 0 Å². The second-order valence-electron chi connectivity index (χ2n) is 3.02. The number of nitrogens with two attached hydrogens (primary N) is 1. The van der Waals surface area contributed by atoms with Crippen molar-refractivity contribution in [2.75, 3.05) is 0 Å². The minimum absolute atomic E-state index is 0.239. The summed E-state index contributed by atoms with van der Waals surface area (Å²) in [7, 11) is 0. The topological polar surface area (TPSA) is 59.4 Å². The minimum Gasteiger partial charge on any atom is -0.508 e. The van der Waals surface area contributed by atoms with Crippen molar-refractivity contribution in [1.29, 1.82) is 0 Å². The molecule has 0 amide bonds. The van der Waals surface area contributed by atoms with Crippen molar-refractivity contribution < 1.29 is 9.52 Å². The van der Waals surface area contributed by atoms with Gasteiger partial charge in [-0.15, -0.1) is 0 Å². The number of hydrogen-bond acceptors (Lipinski definition) is 3. The molecule has 0 bridgehead atoms. The highest BCUT2D eigenvalue weighted by molar-refractivity contribution is 5.83. The molecule has 0 aliphatic rings. The molecule has 3 nitrogen and oxygen atoms in total. The van der Waals surface area contributed by atoms with Crippen LogP contribution in [0.2, 0.25) is 0 Å². The second kappa shape index (κ2) is 2.78. The Labute approximate surface area is 75.8 Å². The van der Waals surface area contributed by atoms with Gasteiger partial charge in [0.05, 0.1) is 0 Å². The van der Waals surface area contributed by atoms with E-state index in [1.807, 2.05) is 6.92 Å². The lowest BCUT2D eigenvalue weighted by molar-refractivity contribution is 0.475. The maximum Gasteiger partial charge on any atom is 0.134 e. The Morgan fingerprint density at radius 3 is 2.92 bits per heavy atom. The Morgan fingerprint density at radius 1 is 1.46 bits per heavy atom. The van der Waals surface area contributed by atoms with Crippen LogP contribution in [0, 0.1) is 6.92 Å². The molecule has 2 aromatic rings. The SMILES string of the molecule is Cc1oc2ccc(O)cc2c1CN. The zero-order chi connectivity index (χ0) is 9.42. The fourth-order valence-electron chi connectivity index (χ4n) is 1.51. The lowest BCUT2D eigenvalue weighted by Gasteiger charge is -1.93. The number of rotatable bonds is 1. The quantitative estimate of drug-likeness (QED) is 0.699. The number of hydrogen-bond donors (Lipinski definition) is 2. The number of phenolic OH excluding ortho intramolecular Hbond substituents is 1. The molecule has 0 aliphatic heterocycles. The summed E-state index contributed by atoms with van der Waals surface area (Å²) in [5.41, 5.74) is 7.31. The number of aromatic hydroxyl groups is 1. The maximum absolute atomic E-state index is 9.28. The summed E-state index contributed by atoms with van der Waals surface area (Å²) < 4.78 is 5.45. The summed E-state index contributed by atoms with van der Waals surface area (Å²) in [5.74, 6) is 1.06. The number of phenols is 1. The molecule has 1 heterocycles. The van der Waals surface area contributed by atoms with Gasteiger partial charge in [-0.05, 0) is 25.1 Å². The first kappa shape index (κ1) is 8.13. The molecule has 0 radical (unpaired) electrons. The van der Waals surface area contributed by atoms with Gasteiger partial charge in [-0.25, -0.2) is 0 Å². The first-order valence-corrected chi connectivity index (χ1v) is 4.13. The highest BCUT2D eigenvalue weighted by atomic mass is 16.3. The van der Waals surface area contributed by atoms with E-state index in [0.29, 0.717) is 6.54 Å². The van der Waals surface area contributed by atoms with E-state index in [1.54, 1.807) is 18.2 Å². The average Bonchev–Trinajstić information content (AvgIpc) is 2.40. The summed E-state index contributed by atoms with van der Waals surface area (Å²) in [6, 6.07) is 5.02. The van der Waals surface area contributed by atoms with Crippen molar-refractivity contribution in [3.63, 3.8) is 0 Å². The van der Waals surface area contributed by atoms with E-state index in [9.17, 15) is 5.11 Å². The van der Waals surface area contributed by atoms with Gasteiger partial charge in [-0.1, -0.05) is 0 Å². The molecule has 1 aromatic carbocycles. The molecule has 3 heteroatoms. The van der Waals surface area contributed by atoms with Gasteiger partial charge in [0.25, 0.3) is 0 Å². The minimum atomic E-state index is 0.239. The summed E-state index contributed by atoms with van der Waals surface area (Å²) in [4.78, 5) is 0. The van der Waals surface area contributed by atoms with Crippen molar-refractivity contribution in [1.82, 2.24) is 0 Å². The van der Waals surface area contributed by atoms with Gasteiger partial charge in [-0.3, -0.25) is 0 Å². The van der Waals surface area contributed by atoms with E-state index in [-0.39, 0.29) is 5.75 Å². The number of furan rings is 1. The van der Waals surface area contributed by atoms with Gasteiger partial charge in [0.1, 0.15) is 17.1 Å². The first-order valence-electron chi connectivity index (χ1n) is 4.13. The molecule has 0 saturated heterocycles. The Balaban J connectivity index is 2.80. The molecule has 0 saturated carbocycles. The molecule has 0 atom stereocenters. The Bertz CT molecular complexity index is 445. The molecular weight excluding hydrogens is 166 g/mol. The van der Waals surface area contributed by atoms with E-state index >= 15 is 0 Å². The fraction of sp³-hybridized carbons (Fsp3) is 0.200. The molecular formula is C10H11NO2. The zero-order valence-electron chi connectivity index (χ0n) is 7.37. The number of aryl methyl sites for hydroxylation is 1. The van der Waals surface area contributed by atoms with E-state index in [1.165, 1.54) is 0 Å². The molecule has 0 aliphatic carbocycles. The molecule has 3 N–H and O–H groups in total. The standard InChI is InChI=1S/C10H11NO2/c1-6-9(5-11)8-4-7(12)2-3-10(8)13-6/h2-4,12H,5,11H2,1H3. The largest absolute Gasteiger partial charge is 0.508 e. The van der Waals surface area contributed by atoms with Crippen LogP contribution in [0.15, 0.2) is 22.6 Å². The Hall–Kier alpha value is -1.48. The second-order valence-corrected chi connectivity index (χ2v) is 3.02. The van der Waals surface area contributed by atoms with Gasteiger partial charge < -0.3 is 15.3 Å². The van der Waals surface area contributed by atoms with E-state index in [4.69, 9.17) is 10.2 Å². The van der Waals surface area contributed by atoms with E-state index in [0.717, 1.165) is 22.3 Å². The summed E-state index contributed by atoms with van der Waals surface area (Å²) >= 11 is 0. The first-order chi connectivity index (χ1) is 6.22. The molecule has 0 unspecified atom stereocenters. The van der Waals surface area contributed by atoms with Crippen molar-refractivity contribution in [3.8, 4) is 5.75 Å². The number of benzene rings is 1. The lowest BCUT2D eigenvalue weighted by Crippen LogP contribution is -1.96. The van der Waals surface area contributed by atoms with E-state index in [2.05, 4.69) is 0 Å². The summed E-state index contributed by atoms with van der Waals surface area (Å²) in [5, 5.41) is 10.2. The molecule has 2 rings (SSSR count). The van der Waals surface area contributed by atoms with Crippen LogP contribution in [0.1, 0.15) is 11.3 Å². The predicted molar refractivity (Wildman–Crippen MR) is 50.5 cm³/mol. The summed E-state index contributed by atoms with van der Waals surface area (Å²) in [6.45, 7) is 2.31. The summed E-state index contributed by atoms with van der Waals surface area (Å²) in [6.07, 6.45) is 0. The van der Waals surface area contributed by atoms with Crippen molar-refractivity contribution in [3.05, 3.63) is 29.5 Å². The van der Waals surface area contributed by atoms with Crippen LogP contribution in [0.3, 0.4) is 0 Å². The molecule has 13 heavy (non-hydrogen) atoms. The Morgan fingerprint density at radius 2 is 2.23 bits per heavy atom.